The Morgan fingerprint density at radius 1 is 2.00 bits per heavy atom. The minimum absolute atomic E-state index is 0.889. The first-order valence-electron chi connectivity index (χ1n) is 2.24. The monoisotopic (exact) mass is 99.1 g/mol. The molecule has 0 atom stereocenters. The van der Waals surface area contributed by atoms with Gasteiger partial charge in [0.1, 0.15) is 0 Å². The Labute approximate surface area is 41.3 Å². The predicted octanol–water partition coefficient (Wildman–Crippen LogP) is 0.0511. The average molecular weight is 99.1 g/mol. The van der Waals surface area contributed by atoms with E-state index in [4.69, 9.17) is 0 Å². The van der Waals surface area contributed by atoms with Gasteiger partial charge in [-0.25, -0.2) is 9.51 Å². The van der Waals surface area contributed by atoms with Crippen molar-refractivity contribution < 1.29 is 9.51 Å². The molecule has 0 bridgehead atoms. The molecule has 0 aliphatic heterocycles. The maximum Gasteiger partial charge on any atom is 0.346 e. The summed E-state index contributed by atoms with van der Waals surface area (Å²) < 4.78 is 4.50. The Bertz CT molecular complexity index is 124. The second-order valence-electron chi connectivity index (χ2n) is 1.26. The Balaban J connectivity index is 2.76. The van der Waals surface area contributed by atoms with Crippen LogP contribution in [0.4, 0.5) is 0 Å². The minimum Gasteiger partial charge on any atom is -0.222 e. The lowest BCUT2D eigenvalue weighted by Gasteiger charge is -1.63. The number of hydrogen-bond donors (Lipinski definition) is 0. The van der Waals surface area contributed by atoms with E-state index in [1.165, 1.54) is 6.39 Å². The summed E-state index contributed by atoms with van der Waals surface area (Å²) in [6, 6.07) is 0. The fraction of sp³-hybridized carbons (Fsp3) is 0.500. The van der Waals surface area contributed by atoms with Crippen LogP contribution in [-0.2, 0) is 6.42 Å². The summed E-state index contributed by atoms with van der Waals surface area (Å²) in [5.41, 5.74) is 0. The van der Waals surface area contributed by atoms with E-state index in [-0.39, 0.29) is 0 Å². The molecule has 1 rings (SSSR count). The molecule has 0 saturated heterocycles. The van der Waals surface area contributed by atoms with Gasteiger partial charge >= 0.3 is 12.2 Å². The van der Waals surface area contributed by atoms with E-state index in [0.29, 0.717) is 0 Å². The highest BCUT2D eigenvalue weighted by molar-refractivity contribution is 4.61. The predicted molar refractivity (Wildman–Crippen MR) is 22.4 cm³/mol. The fourth-order valence-corrected chi connectivity index (χ4v) is 0.377. The van der Waals surface area contributed by atoms with Gasteiger partial charge in [0.2, 0.25) is 0 Å². The van der Waals surface area contributed by atoms with Gasteiger partial charge in [0, 0.05) is 0 Å². The van der Waals surface area contributed by atoms with Gasteiger partial charge in [-0.1, -0.05) is 6.92 Å². The number of nitrogens with one attached hydrogen (secondary N) is 1. The van der Waals surface area contributed by atoms with Crippen molar-refractivity contribution in [2.75, 3.05) is 0 Å². The molecule has 1 aromatic rings. The lowest BCUT2D eigenvalue weighted by Crippen LogP contribution is -2.02. The summed E-state index contributed by atoms with van der Waals surface area (Å²) in [6.45, 7) is 2.01. The van der Waals surface area contributed by atoms with Crippen LogP contribution in [0.15, 0.2) is 10.9 Å². The molecule has 0 aromatic carbocycles. The smallest absolute Gasteiger partial charge is 0.222 e. The number of aryl methyl sites for hydroxylation is 1. The summed E-state index contributed by atoms with van der Waals surface area (Å²) in [4.78, 5) is 2.81. The van der Waals surface area contributed by atoms with Crippen LogP contribution in [0.3, 0.4) is 0 Å². The molecular formula is C4H7N2O+. The SMILES string of the molecule is CCc1noc[nH+]1. The zero-order valence-corrected chi connectivity index (χ0v) is 4.14. The Morgan fingerprint density at radius 3 is 3.14 bits per heavy atom. The summed E-state index contributed by atoms with van der Waals surface area (Å²) in [7, 11) is 0. The van der Waals surface area contributed by atoms with Crippen LogP contribution < -0.4 is 4.98 Å². The molecule has 0 aliphatic rings. The molecule has 0 radical (unpaired) electrons. The largest absolute Gasteiger partial charge is 0.346 e. The van der Waals surface area contributed by atoms with Crippen molar-refractivity contribution in [3.05, 3.63) is 12.2 Å². The van der Waals surface area contributed by atoms with E-state index in [2.05, 4.69) is 14.7 Å². The van der Waals surface area contributed by atoms with Gasteiger partial charge in [0.05, 0.1) is 6.42 Å². The fourth-order valence-electron chi connectivity index (χ4n) is 0.377. The number of nitrogens with zero attached hydrogens (tertiary/aromatic N) is 1. The highest BCUT2D eigenvalue weighted by Gasteiger charge is 1.99. The summed E-state index contributed by atoms with van der Waals surface area (Å²) >= 11 is 0. The number of aromatic amines is 1. The Morgan fingerprint density at radius 2 is 2.86 bits per heavy atom. The van der Waals surface area contributed by atoms with Gasteiger partial charge in [-0.05, 0) is 0 Å². The molecule has 0 unspecified atom stereocenters. The first kappa shape index (κ1) is 4.30. The van der Waals surface area contributed by atoms with E-state index >= 15 is 0 Å². The Hall–Kier alpha value is -0.860. The normalized spacial score (nSPS) is 9.29. The van der Waals surface area contributed by atoms with Crippen molar-refractivity contribution >= 4 is 0 Å². The minimum atomic E-state index is 0.889. The molecule has 1 aromatic heterocycles. The van der Waals surface area contributed by atoms with Gasteiger partial charge in [0.25, 0.3) is 0 Å². The number of aromatic nitrogens is 2. The lowest BCUT2D eigenvalue weighted by molar-refractivity contribution is -0.395. The summed E-state index contributed by atoms with van der Waals surface area (Å²) in [5, 5.41) is 3.60. The second kappa shape index (κ2) is 1.73. The molecule has 1 N–H and O–H groups in total. The van der Waals surface area contributed by atoms with Gasteiger partial charge in [-0.3, -0.25) is 0 Å². The van der Waals surface area contributed by atoms with Crippen LogP contribution in [0.1, 0.15) is 12.7 Å². The molecular weight excluding hydrogens is 92.1 g/mol. The quantitative estimate of drug-likeness (QED) is 0.499. The molecule has 7 heavy (non-hydrogen) atoms. The molecule has 0 fully saturated rings. The van der Waals surface area contributed by atoms with Crippen LogP contribution in [0.2, 0.25) is 0 Å². The van der Waals surface area contributed by atoms with Gasteiger partial charge in [-0.15, -0.1) is 0 Å². The first-order chi connectivity index (χ1) is 3.43. The highest BCUT2D eigenvalue weighted by Crippen LogP contribution is 1.79. The van der Waals surface area contributed by atoms with Crippen molar-refractivity contribution in [2.45, 2.75) is 13.3 Å². The van der Waals surface area contributed by atoms with E-state index in [9.17, 15) is 0 Å². The molecule has 0 spiro atoms. The standard InChI is InChI=1S/C4H6N2O/c1-2-4-5-3-7-6-4/h3H,2H2,1H3/p+1. The van der Waals surface area contributed by atoms with Crippen LogP contribution in [0.5, 0.6) is 0 Å². The molecule has 0 aliphatic carbocycles. The summed E-state index contributed by atoms with van der Waals surface area (Å²) in [5.74, 6) is 0.889. The van der Waals surface area contributed by atoms with Crippen LogP contribution in [0.25, 0.3) is 0 Å². The van der Waals surface area contributed by atoms with E-state index in [0.717, 1.165) is 12.2 Å². The van der Waals surface area contributed by atoms with Gasteiger partial charge < -0.3 is 0 Å². The van der Waals surface area contributed by atoms with Crippen molar-refractivity contribution in [2.24, 2.45) is 0 Å². The molecule has 0 amide bonds. The number of hydrogen-bond acceptors (Lipinski definition) is 2. The molecule has 0 saturated carbocycles. The first-order valence-corrected chi connectivity index (χ1v) is 2.24. The average Bonchev–Trinajstić information content (AvgIpc) is 2.14. The third kappa shape index (κ3) is 0.765. The van der Waals surface area contributed by atoms with Crippen molar-refractivity contribution in [3.8, 4) is 0 Å². The van der Waals surface area contributed by atoms with E-state index in [1.54, 1.807) is 0 Å². The van der Waals surface area contributed by atoms with Crippen molar-refractivity contribution in [3.63, 3.8) is 0 Å². The number of rotatable bonds is 1. The summed E-state index contributed by atoms with van der Waals surface area (Å²) in [6.07, 6.45) is 2.36. The highest BCUT2D eigenvalue weighted by atomic mass is 16.5. The van der Waals surface area contributed by atoms with Crippen LogP contribution in [-0.4, -0.2) is 5.16 Å². The third-order valence-corrected chi connectivity index (χ3v) is 0.776. The third-order valence-electron chi connectivity index (χ3n) is 0.776. The number of H-pyrrole nitrogens is 1. The van der Waals surface area contributed by atoms with E-state index < -0.39 is 0 Å². The zero-order valence-electron chi connectivity index (χ0n) is 4.14. The molecule has 3 nitrogen and oxygen atoms in total. The lowest BCUT2D eigenvalue weighted by atomic mass is 10.5. The zero-order chi connectivity index (χ0) is 5.11. The van der Waals surface area contributed by atoms with Crippen molar-refractivity contribution in [1.29, 1.82) is 0 Å². The molecule has 1 heterocycles. The molecule has 38 valence electrons. The maximum absolute atomic E-state index is 4.50. The Kier molecular flexibility index (Phi) is 1.06. The van der Waals surface area contributed by atoms with Gasteiger partial charge in [-0.2, -0.15) is 0 Å². The van der Waals surface area contributed by atoms with Crippen LogP contribution >= 0.6 is 0 Å². The van der Waals surface area contributed by atoms with Crippen LogP contribution in [0, 0.1) is 0 Å². The topological polar surface area (TPSA) is 40.2 Å². The molecule has 3 heteroatoms. The maximum atomic E-state index is 4.50. The second-order valence-corrected chi connectivity index (χ2v) is 1.26. The van der Waals surface area contributed by atoms with E-state index in [1.807, 2.05) is 6.92 Å². The van der Waals surface area contributed by atoms with Crippen molar-refractivity contribution in [1.82, 2.24) is 5.16 Å². The van der Waals surface area contributed by atoms with Gasteiger partial charge in [0.15, 0.2) is 5.16 Å².